The number of unbranched alkanes of at least 4 members (excludes halogenated alkanes) is 4. The van der Waals surface area contributed by atoms with Crippen molar-refractivity contribution in [3.8, 4) is 0 Å². The quantitative estimate of drug-likeness (QED) is 0.365. The molecule has 0 unspecified atom stereocenters. The monoisotopic (exact) mass is 365 g/mol. The molecule has 1 radical (unpaired) electrons. The number of hydrogen-bond acceptors (Lipinski definition) is 6. The molecule has 19 heavy (non-hydrogen) atoms. The van der Waals surface area contributed by atoms with Crippen LogP contribution in [0.25, 0.3) is 0 Å². The van der Waals surface area contributed by atoms with E-state index in [0.29, 0.717) is 12.8 Å². The molecule has 0 atom stereocenters. The van der Waals surface area contributed by atoms with Crippen molar-refractivity contribution >= 4 is 20.2 Å². The summed E-state index contributed by atoms with van der Waals surface area (Å²) < 4.78 is 59.7. The van der Waals surface area contributed by atoms with Crippen LogP contribution in [0.1, 0.15) is 52.4 Å². The molecule has 0 amide bonds. The molecule has 0 heterocycles. The third-order valence-electron chi connectivity index (χ3n) is 2.00. The van der Waals surface area contributed by atoms with Gasteiger partial charge in [-0.3, -0.25) is 0 Å². The predicted octanol–water partition coefficient (Wildman–Crippen LogP) is 1.44. The van der Waals surface area contributed by atoms with Crippen molar-refractivity contribution in [3.05, 3.63) is 0 Å². The first kappa shape index (κ1) is 24.4. The van der Waals surface area contributed by atoms with Gasteiger partial charge in [-0.15, -0.1) is 0 Å². The van der Waals surface area contributed by atoms with Crippen molar-refractivity contribution in [3.63, 3.8) is 0 Å². The van der Waals surface area contributed by atoms with E-state index in [-0.39, 0.29) is 28.6 Å². The Hall–Kier alpha value is 0.339. The molecule has 0 aromatic carbocycles. The molecular formula is C10H22CuO6S2. The van der Waals surface area contributed by atoms with Crippen LogP contribution in [0, 0.1) is 0 Å². The third kappa shape index (κ3) is 32.2. The summed E-state index contributed by atoms with van der Waals surface area (Å²) in [5, 5.41) is 0. The molecule has 0 bridgehead atoms. The van der Waals surface area contributed by atoms with Gasteiger partial charge in [0.1, 0.15) is 0 Å². The molecule has 0 N–H and O–H groups in total. The SMILES string of the molecule is CCCCCS(=O)(=O)[O-].CCCCCS(=O)(=O)[O-].[Cu+2]. The second-order valence-electron chi connectivity index (χ2n) is 3.94. The Kier molecular flexibility index (Phi) is 17.1. The van der Waals surface area contributed by atoms with Crippen molar-refractivity contribution in [2.24, 2.45) is 0 Å². The van der Waals surface area contributed by atoms with Gasteiger partial charge in [0, 0.05) is 11.5 Å². The molecule has 0 aliphatic heterocycles. The number of rotatable bonds is 8. The van der Waals surface area contributed by atoms with E-state index in [1.807, 2.05) is 13.8 Å². The van der Waals surface area contributed by atoms with Crippen LogP contribution in [-0.2, 0) is 37.3 Å². The smallest absolute Gasteiger partial charge is 0.748 e. The van der Waals surface area contributed by atoms with E-state index in [9.17, 15) is 25.9 Å². The molecule has 0 aliphatic rings. The van der Waals surface area contributed by atoms with Crippen molar-refractivity contribution < 1.29 is 43.0 Å². The fraction of sp³-hybridized carbons (Fsp3) is 1.00. The van der Waals surface area contributed by atoms with Gasteiger partial charge >= 0.3 is 17.1 Å². The molecule has 6 nitrogen and oxygen atoms in total. The minimum absolute atomic E-state index is 0. The summed E-state index contributed by atoms with van der Waals surface area (Å²) >= 11 is 0. The minimum Gasteiger partial charge on any atom is -0.748 e. The summed E-state index contributed by atoms with van der Waals surface area (Å²) in [5.74, 6) is -0.415. The molecule has 0 spiro atoms. The molecule has 0 fully saturated rings. The Labute approximate surface area is 127 Å². The van der Waals surface area contributed by atoms with Crippen molar-refractivity contribution in [2.75, 3.05) is 11.5 Å². The third-order valence-corrected chi connectivity index (χ3v) is 3.57. The Morgan fingerprint density at radius 2 is 0.947 bits per heavy atom. The number of hydrogen-bond donors (Lipinski definition) is 0. The van der Waals surface area contributed by atoms with Crippen LogP contribution in [-0.4, -0.2) is 37.4 Å². The van der Waals surface area contributed by atoms with E-state index in [4.69, 9.17) is 0 Å². The second kappa shape index (κ2) is 13.3. The van der Waals surface area contributed by atoms with E-state index >= 15 is 0 Å². The average molecular weight is 366 g/mol. The first-order valence-electron chi connectivity index (χ1n) is 5.99. The fourth-order valence-corrected chi connectivity index (χ4v) is 2.17. The van der Waals surface area contributed by atoms with Crippen LogP contribution < -0.4 is 0 Å². The molecule has 0 aliphatic carbocycles. The molecule has 0 aromatic rings. The summed E-state index contributed by atoms with van der Waals surface area (Å²) in [6, 6.07) is 0. The topological polar surface area (TPSA) is 114 Å². The van der Waals surface area contributed by atoms with Crippen LogP contribution in [0.2, 0.25) is 0 Å². The van der Waals surface area contributed by atoms with Gasteiger partial charge < -0.3 is 9.11 Å². The molecule has 0 saturated heterocycles. The average Bonchev–Trinajstić information content (AvgIpc) is 2.16. The molecule has 121 valence electrons. The summed E-state index contributed by atoms with van der Waals surface area (Å²) in [6.07, 6.45) is 4.53. The van der Waals surface area contributed by atoms with E-state index in [2.05, 4.69) is 0 Å². The van der Waals surface area contributed by atoms with E-state index in [0.717, 1.165) is 25.7 Å². The minimum atomic E-state index is -3.95. The van der Waals surface area contributed by atoms with Gasteiger partial charge in [-0.25, -0.2) is 16.8 Å². The van der Waals surface area contributed by atoms with E-state index in [1.54, 1.807) is 0 Å². The summed E-state index contributed by atoms with van der Waals surface area (Å²) in [6.45, 7) is 3.91. The Balaban J connectivity index is -0.000000256. The van der Waals surface area contributed by atoms with Crippen LogP contribution >= 0.6 is 0 Å². The van der Waals surface area contributed by atoms with E-state index in [1.165, 1.54) is 0 Å². The van der Waals surface area contributed by atoms with Crippen molar-refractivity contribution in [2.45, 2.75) is 52.4 Å². The van der Waals surface area contributed by atoms with Crippen LogP contribution in [0.5, 0.6) is 0 Å². The Morgan fingerprint density at radius 3 is 1.11 bits per heavy atom. The maximum atomic E-state index is 9.95. The summed E-state index contributed by atoms with van der Waals surface area (Å²) in [7, 11) is -7.89. The standard InChI is InChI=1S/2C5H12O3S.Cu/c2*1-2-3-4-5-9(6,7)8;/h2*2-5H2,1H3,(H,6,7,8);/q;;+2/p-2. The maximum absolute atomic E-state index is 9.95. The molecule has 0 aromatic heterocycles. The maximum Gasteiger partial charge on any atom is 2.00 e. The van der Waals surface area contributed by atoms with Gasteiger partial charge in [0.25, 0.3) is 0 Å². The van der Waals surface area contributed by atoms with Crippen LogP contribution in [0.15, 0.2) is 0 Å². The largest absolute Gasteiger partial charge is 2.00 e. The fourth-order valence-electron chi connectivity index (χ4n) is 1.06. The first-order chi connectivity index (χ1) is 8.12. The van der Waals surface area contributed by atoms with Crippen molar-refractivity contribution in [1.82, 2.24) is 0 Å². The molecular weight excluding hydrogens is 344 g/mol. The van der Waals surface area contributed by atoms with Gasteiger partial charge in [-0.1, -0.05) is 39.5 Å². The summed E-state index contributed by atoms with van der Waals surface area (Å²) in [4.78, 5) is 0. The van der Waals surface area contributed by atoms with Gasteiger partial charge in [0.2, 0.25) is 0 Å². The van der Waals surface area contributed by atoms with Gasteiger partial charge in [0.05, 0.1) is 20.2 Å². The van der Waals surface area contributed by atoms with E-state index < -0.39 is 20.2 Å². The zero-order valence-electron chi connectivity index (χ0n) is 11.2. The van der Waals surface area contributed by atoms with Crippen LogP contribution in [0.3, 0.4) is 0 Å². The Morgan fingerprint density at radius 1 is 0.684 bits per heavy atom. The van der Waals surface area contributed by atoms with Crippen molar-refractivity contribution in [1.29, 1.82) is 0 Å². The normalized spacial score (nSPS) is 11.2. The molecule has 0 saturated carbocycles. The Bertz CT molecular complexity index is 339. The van der Waals surface area contributed by atoms with Gasteiger partial charge in [-0.2, -0.15) is 0 Å². The van der Waals surface area contributed by atoms with Crippen LogP contribution in [0.4, 0.5) is 0 Å². The molecule has 0 rings (SSSR count). The zero-order chi connectivity index (χ0) is 14.7. The second-order valence-corrected chi connectivity index (χ2v) is 6.99. The zero-order valence-corrected chi connectivity index (χ0v) is 13.8. The summed E-state index contributed by atoms with van der Waals surface area (Å²) in [5.41, 5.74) is 0. The first-order valence-corrected chi connectivity index (χ1v) is 9.15. The van der Waals surface area contributed by atoms with Gasteiger partial charge in [-0.05, 0) is 12.8 Å². The molecule has 9 heteroatoms. The predicted molar refractivity (Wildman–Crippen MR) is 68.2 cm³/mol. The van der Waals surface area contributed by atoms with Gasteiger partial charge in [0.15, 0.2) is 0 Å².